The highest BCUT2D eigenvalue weighted by atomic mass is 32.1. The Balaban J connectivity index is 1.36. The van der Waals surface area contributed by atoms with Gasteiger partial charge < -0.3 is 14.2 Å². The Morgan fingerprint density at radius 3 is 3.12 bits per heavy atom. The molecular formula is C17H21N3O3S. The van der Waals surface area contributed by atoms with E-state index in [0.29, 0.717) is 24.7 Å². The van der Waals surface area contributed by atoms with E-state index in [1.165, 1.54) is 24.2 Å². The molecular weight excluding hydrogens is 326 g/mol. The van der Waals surface area contributed by atoms with Gasteiger partial charge in [0.15, 0.2) is 5.82 Å². The number of rotatable bonds is 7. The van der Waals surface area contributed by atoms with Crippen molar-refractivity contribution < 1.29 is 14.1 Å². The molecule has 1 amide bonds. The summed E-state index contributed by atoms with van der Waals surface area (Å²) in [4.78, 5) is 18.9. The first-order chi connectivity index (χ1) is 11.8. The predicted octanol–water partition coefficient (Wildman–Crippen LogP) is 3.08. The Hall–Kier alpha value is -1.73. The van der Waals surface area contributed by atoms with Crippen LogP contribution in [0.25, 0.3) is 0 Å². The molecule has 2 aromatic rings. The number of carbonyl (C=O) groups excluding carboxylic acids is 1. The SMILES string of the molecule is O=C(c1ccsc1)N1CCCC1c1nc(CCOCC2CC2)no1. The van der Waals surface area contributed by atoms with Crippen molar-refractivity contribution in [3.05, 3.63) is 34.1 Å². The Morgan fingerprint density at radius 2 is 2.33 bits per heavy atom. The Bertz CT molecular complexity index is 681. The van der Waals surface area contributed by atoms with Crippen molar-refractivity contribution in [2.24, 2.45) is 5.92 Å². The summed E-state index contributed by atoms with van der Waals surface area (Å²) in [5.74, 6) is 2.02. The molecule has 1 aliphatic carbocycles. The van der Waals surface area contributed by atoms with Gasteiger partial charge in [-0.1, -0.05) is 5.16 Å². The second kappa shape index (κ2) is 7.03. The van der Waals surface area contributed by atoms with Crippen molar-refractivity contribution >= 4 is 17.2 Å². The zero-order valence-electron chi connectivity index (χ0n) is 13.5. The molecule has 0 aromatic carbocycles. The summed E-state index contributed by atoms with van der Waals surface area (Å²) in [6.07, 6.45) is 5.07. The molecule has 2 aromatic heterocycles. The molecule has 128 valence electrons. The number of carbonyl (C=O) groups is 1. The average Bonchev–Trinajstić information content (AvgIpc) is 3.07. The Kier molecular flexibility index (Phi) is 4.62. The van der Waals surface area contributed by atoms with Crippen molar-refractivity contribution in [1.29, 1.82) is 0 Å². The van der Waals surface area contributed by atoms with Gasteiger partial charge in [-0.3, -0.25) is 4.79 Å². The van der Waals surface area contributed by atoms with Crippen LogP contribution in [-0.4, -0.2) is 40.7 Å². The third kappa shape index (κ3) is 3.52. The lowest BCUT2D eigenvalue weighted by Crippen LogP contribution is -2.30. The minimum absolute atomic E-state index is 0.0475. The lowest BCUT2D eigenvalue weighted by Gasteiger charge is -2.21. The van der Waals surface area contributed by atoms with Crippen LogP contribution in [0.1, 0.15) is 53.8 Å². The van der Waals surface area contributed by atoms with Crippen LogP contribution in [0.3, 0.4) is 0 Å². The summed E-state index contributed by atoms with van der Waals surface area (Å²) in [7, 11) is 0. The third-order valence-electron chi connectivity index (χ3n) is 4.57. The molecule has 4 rings (SSSR count). The number of hydrogen-bond donors (Lipinski definition) is 0. The fourth-order valence-corrected chi connectivity index (χ4v) is 3.65. The largest absolute Gasteiger partial charge is 0.381 e. The van der Waals surface area contributed by atoms with Crippen molar-refractivity contribution in [3.63, 3.8) is 0 Å². The van der Waals surface area contributed by atoms with Crippen LogP contribution in [0.5, 0.6) is 0 Å². The zero-order valence-corrected chi connectivity index (χ0v) is 14.3. The maximum absolute atomic E-state index is 12.6. The quantitative estimate of drug-likeness (QED) is 0.720. The summed E-state index contributed by atoms with van der Waals surface area (Å²) >= 11 is 1.53. The van der Waals surface area contributed by atoms with Crippen LogP contribution in [0, 0.1) is 5.92 Å². The van der Waals surface area contributed by atoms with E-state index in [-0.39, 0.29) is 11.9 Å². The van der Waals surface area contributed by atoms with Gasteiger partial charge in [0.25, 0.3) is 5.91 Å². The number of thiophene rings is 1. The van der Waals surface area contributed by atoms with Gasteiger partial charge in [0, 0.05) is 25.0 Å². The van der Waals surface area contributed by atoms with Crippen LogP contribution in [0.4, 0.5) is 0 Å². The molecule has 3 heterocycles. The van der Waals surface area contributed by atoms with Crippen molar-refractivity contribution in [3.8, 4) is 0 Å². The summed E-state index contributed by atoms with van der Waals surface area (Å²) in [6.45, 7) is 2.20. The monoisotopic (exact) mass is 347 g/mol. The second-order valence-corrected chi connectivity index (χ2v) is 7.27. The number of ether oxygens (including phenoxy) is 1. The van der Waals surface area contributed by atoms with Crippen LogP contribution < -0.4 is 0 Å². The molecule has 0 spiro atoms. The first-order valence-corrected chi connectivity index (χ1v) is 9.49. The van der Waals surface area contributed by atoms with E-state index in [0.717, 1.165) is 37.5 Å². The van der Waals surface area contributed by atoms with Crippen molar-refractivity contribution in [1.82, 2.24) is 15.0 Å². The van der Waals surface area contributed by atoms with Gasteiger partial charge in [-0.05, 0) is 43.0 Å². The van der Waals surface area contributed by atoms with E-state index in [1.807, 2.05) is 21.7 Å². The number of amides is 1. The van der Waals surface area contributed by atoms with Gasteiger partial charge in [0.05, 0.1) is 12.2 Å². The number of aromatic nitrogens is 2. The van der Waals surface area contributed by atoms with Gasteiger partial charge in [-0.25, -0.2) is 0 Å². The second-order valence-electron chi connectivity index (χ2n) is 6.49. The predicted molar refractivity (Wildman–Crippen MR) is 88.9 cm³/mol. The van der Waals surface area contributed by atoms with E-state index in [1.54, 1.807) is 0 Å². The molecule has 0 bridgehead atoms. The fraction of sp³-hybridized carbons (Fsp3) is 0.588. The van der Waals surface area contributed by atoms with Crippen LogP contribution in [0.15, 0.2) is 21.3 Å². The standard InChI is InChI=1S/C17H21N3O3S/c21-17(13-6-9-24-11-13)20-7-1-2-14(20)16-18-15(19-23-16)5-8-22-10-12-3-4-12/h6,9,11-12,14H,1-5,7-8,10H2. The molecule has 0 radical (unpaired) electrons. The van der Waals surface area contributed by atoms with Gasteiger partial charge in [-0.2, -0.15) is 16.3 Å². The third-order valence-corrected chi connectivity index (χ3v) is 5.25. The van der Waals surface area contributed by atoms with Gasteiger partial charge >= 0.3 is 0 Å². The van der Waals surface area contributed by atoms with Crippen LogP contribution in [-0.2, 0) is 11.2 Å². The Labute approximate surface area is 144 Å². The summed E-state index contributed by atoms with van der Waals surface area (Å²) in [5.41, 5.74) is 0.736. The Morgan fingerprint density at radius 1 is 1.42 bits per heavy atom. The molecule has 6 nitrogen and oxygen atoms in total. The molecule has 1 atom stereocenters. The zero-order chi connectivity index (χ0) is 16.4. The van der Waals surface area contributed by atoms with Crippen molar-refractivity contribution in [2.75, 3.05) is 19.8 Å². The average molecular weight is 347 g/mol. The highest BCUT2D eigenvalue weighted by Gasteiger charge is 2.34. The minimum Gasteiger partial charge on any atom is -0.381 e. The molecule has 1 aliphatic heterocycles. The van der Waals surface area contributed by atoms with Gasteiger partial charge in [0.1, 0.15) is 6.04 Å². The first kappa shape index (κ1) is 15.8. The lowest BCUT2D eigenvalue weighted by molar-refractivity contribution is 0.0710. The highest BCUT2D eigenvalue weighted by Crippen LogP contribution is 2.32. The van der Waals surface area contributed by atoms with E-state index in [9.17, 15) is 4.79 Å². The fourth-order valence-electron chi connectivity index (χ4n) is 3.02. The molecule has 24 heavy (non-hydrogen) atoms. The van der Waals surface area contributed by atoms with Gasteiger partial charge in [-0.15, -0.1) is 0 Å². The molecule has 7 heteroatoms. The minimum atomic E-state index is -0.106. The normalized spacial score (nSPS) is 20.7. The molecule has 1 saturated carbocycles. The van der Waals surface area contributed by atoms with Crippen LogP contribution >= 0.6 is 11.3 Å². The number of nitrogens with zero attached hydrogens (tertiary/aromatic N) is 3. The highest BCUT2D eigenvalue weighted by molar-refractivity contribution is 7.08. The number of likely N-dealkylation sites (tertiary alicyclic amines) is 1. The summed E-state index contributed by atoms with van der Waals surface area (Å²) < 4.78 is 11.0. The van der Waals surface area contributed by atoms with Crippen LogP contribution in [0.2, 0.25) is 0 Å². The lowest BCUT2D eigenvalue weighted by atomic mass is 10.2. The topological polar surface area (TPSA) is 68.5 Å². The van der Waals surface area contributed by atoms with E-state index >= 15 is 0 Å². The molecule has 2 fully saturated rings. The molecule has 1 saturated heterocycles. The van der Waals surface area contributed by atoms with E-state index in [2.05, 4.69) is 10.1 Å². The first-order valence-electron chi connectivity index (χ1n) is 8.54. The maximum Gasteiger partial charge on any atom is 0.255 e. The molecule has 0 N–H and O–H groups in total. The maximum atomic E-state index is 12.6. The van der Waals surface area contributed by atoms with E-state index < -0.39 is 0 Å². The smallest absolute Gasteiger partial charge is 0.255 e. The van der Waals surface area contributed by atoms with Gasteiger partial charge in [0.2, 0.25) is 5.89 Å². The molecule has 2 aliphatic rings. The van der Waals surface area contributed by atoms with Crippen molar-refractivity contribution in [2.45, 2.75) is 38.1 Å². The summed E-state index contributed by atoms with van der Waals surface area (Å²) in [6, 6.07) is 1.75. The number of hydrogen-bond acceptors (Lipinski definition) is 6. The van der Waals surface area contributed by atoms with E-state index in [4.69, 9.17) is 9.26 Å². The summed E-state index contributed by atoms with van der Waals surface area (Å²) in [5, 5.41) is 7.85. The molecule has 1 unspecified atom stereocenters.